The van der Waals surface area contributed by atoms with E-state index in [-0.39, 0.29) is 5.56 Å². The highest BCUT2D eigenvalue weighted by molar-refractivity contribution is 5.94. The van der Waals surface area contributed by atoms with E-state index in [0.717, 1.165) is 59.6 Å². The van der Waals surface area contributed by atoms with Gasteiger partial charge in [0.2, 0.25) is 0 Å². The Morgan fingerprint density at radius 3 is 2.65 bits per heavy atom. The zero-order valence-electron chi connectivity index (χ0n) is 19.1. The van der Waals surface area contributed by atoms with Gasteiger partial charge in [0.05, 0.1) is 19.0 Å². The molecule has 1 fully saturated rings. The van der Waals surface area contributed by atoms with Crippen LogP contribution in [0.1, 0.15) is 59.6 Å². The maximum absolute atomic E-state index is 11.7. The molecule has 0 bridgehead atoms. The van der Waals surface area contributed by atoms with Crippen LogP contribution in [0.15, 0.2) is 60.9 Å². The fraction of sp³-hybridized carbons (Fsp3) is 0.296. The summed E-state index contributed by atoms with van der Waals surface area (Å²) in [6.07, 6.45) is 8.84. The zero-order chi connectivity index (χ0) is 23.5. The zero-order valence-corrected chi connectivity index (χ0v) is 19.1. The fourth-order valence-electron chi connectivity index (χ4n) is 4.77. The molecule has 34 heavy (non-hydrogen) atoms. The average molecular weight is 458 g/mol. The number of benzene rings is 2. The van der Waals surface area contributed by atoms with Crippen LogP contribution in [0.2, 0.25) is 0 Å². The molecule has 1 N–H and O–H groups in total. The Bertz CT molecular complexity index is 1320. The second-order valence-corrected chi connectivity index (χ2v) is 8.66. The predicted molar refractivity (Wildman–Crippen MR) is 129 cm³/mol. The average Bonchev–Trinajstić information content (AvgIpc) is 3.32. The van der Waals surface area contributed by atoms with Crippen molar-refractivity contribution in [2.75, 3.05) is 7.11 Å². The molecule has 1 saturated carbocycles. The summed E-state index contributed by atoms with van der Waals surface area (Å²) < 4.78 is 13.1. The molecule has 2 aromatic heterocycles. The molecule has 5 rings (SSSR count). The summed E-state index contributed by atoms with van der Waals surface area (Å²) in [6.45, 7) is 0.425. The van der Waals surface area contributed by atoms with Gasteiger partial charge in [-0.15, -0.1) is 0 Å². The largest absolute Gasteiger partial charge is 0.497 e. The van der Waals surface area contributed by atoms with Gasteiger partial charge in [-0.2, -0.15) is 5.10 Å². The molecule has 7 heteroatoms. The minimum Gasteiger partial charge on any atom is -0.497 e. The van der Waals surface area contributed by atoms with Crippen LogP contribution >= 0.6 is 0 Å². The molecule has 0 unspecified atom stereocenters. The summed E-state index contributed by atoms with van der Waals surface area (Å²) in [5.41, 5.74) is 4.51. The van der Waals surface area contributed by atoms with Crippen molar-refractivity contribution >= 4 is 11.6 Å². The Hall–Kier alpha value is -3.87. The molecule has 0 aliphatic heterocycles. The molecular formula is C27H27N3O4. The van der Waals surface area contributed by atoms with Gasteiger partial charge in [0.25, 0.3) is 0 Å². The summed E-state index contributed by atoms with van der Waals surface area (Å²) in [6, 6.07) is 15.8. The fourth-order valence-corrected chi connectivity index (χ4v) is 4.77. The van der Waals surface area contributed by atoms with Gasteiger partial charge in [0.1, 0.15) is 23.7 Å². The van der Waals surface area contributed by atoms with Crippen LogP contribution in [0.4, 0.5) is 0 Å². The first kappa shape index (κ1) is 21.9. The number of ether oxygens (including phenoxy) is 2. The topological polar surface area (TPSA) is 86.0 Å². The van der Waals surface area contributed by atoms with E-state index in [1.165, 1.54) is 12.6 Å². The second-order valence-electron chi connectivity index (χ2n) is 8.66. The van der Waals surface area contributed by atoms with Gasteiger partial charge in [-0.25, -0.2) is 14.3 Å². The number of methoxy groups -OCH3 is 1. The van der Waals surface area contributed by atoms with Crippen molar-refractivity contribution in [1.29, 1.82) is 0 Å². The molecule has 1 aliphatic rings. The molecule has 2 heterocycles. The molecular weight excluding hydrogens is 430 g/mol. The number of fused-ring (bicyclic) bond motifs is 1. The van der Waals surface area contributed by atoms with Gasteiger partial charge in [-0.05, 0) is 48.2 Å². The van der Waals surface area contributed by atoms with Crippen molar-refractivity contribution in [3.63, 3.8) is 0 Å². The van der Waals surface area contributed by atoms with Gasteiger partial charge in [0, 0.05) is 17.7 Å². The molecule has 0 amide bonds. The lowest BCUT2D eigenvalue weighted by Crippen LogP contribution is -2.13. The molecule has 0 saturated heterocycles. The Balaban J connectivity index is 1.51. The summed E-state index contributed by atoms with van der Waals surface area (Å²) in [4.78, 5) is 16.2. The quantitative estimate of drug-likeness (QED) is 0.381. The summed E-state index contributed by atoms with van der Waals surface area (Å²) in [5, 5.41) is 14.0. The van der Waals surface area contributed by atoms with Gasteiger partial charge >= 0.3 is 5.97 Å². The van der Waals surface area contributed by atoms with E-state index >= 15 is 0 Å². The van der Waals surface area contributed by atoms with Crippen molar-refractivity contribution in [1.82, 2.24) is 14.6 Å². The number of carbonyl (C=O) groups is 1. The normalized spacial score (nSPS) is 14.3. The number of nitrogens with zero attached hydrogens (tertiary/aromatic N) is 3. The van der Waals surface area contributed by atoms with Crippen LogP contribution in [0.25, 0.3) is 16.8 Å². The SMILES string of the molecule is COc1cccc(COc2cccc(-c3cnc4c(C(=O)O)cnn4c3C3CCCCC3)c2)c1. The lowest BCUT2D eigenvalue weighted by atomic mass is 9.84. The minimum atomic E-state index is -1.02. The Morgan fingerprint density at radius 2 is 1.85 bits per heavy atom. The van der Waals surface area contributed by atoms with E-state index in [1.54, 1.807) is 17.8 Å². The third kappa shape index (κ3) is 4.33. The van der Waals surface area contributed by atoms with Crippen molar-refractivity contribution in [2.24, 2.45) is 0 Å². The van der Waals surface area contributed by atoms with Crippen LogP contribution in [0, 0.1) is 0 Å². The summed E-state index contributed by atoms with van der Waals surface area (Å²) >= 11 is 0. The van der Waals surface area contributed by atoms with Crippen molar-refractivity contribution in [2.45, 2.75) is 44.6 Å². The van der Waals surface area contributed by atoms with Crippen LogP contribution in [0.5, 0.6) is 11.5 Å². The minimum absolute atomic E-state index is 0.124. The lowest BCUT2D eigenvalue weighted by molar-refractivity contribution is 0.0698. The summed E-state index contributed by atoms with van der Waals surface area (Å²) in [5.74, 6) is 0.836. The van der Waals surface area contributed by atoms with Gasteiger partial charge < -0.3 is 14.6 Å². The second kappa shape index (κ2) is 9.55. The summed E-state index contributed by atoms with van der Waals surface area (Å²) in [7, 11) is 1.65. The van der Waals surface area contributed by atoms with Crippen LogP contribution in [0.3, 0.4) is 0 Å². The van der Waals surface area contributed by atoms with Gasteiger partial charge in [-0.1, -0.05) is 43.5 Å². The molecule has 174 valence electrons. The Morgan fingerprint density at radius 1 is 1.06 bits per heavy atom. The molecule has 0 radical (unpaired) electrons. The number of hydrogen-bond donors (Lipinski definition) is 1. The molecule has 1 aliphatic carbocycles. The Kier molecular flexibility index (Phi) is 6.16. The monoisotopic (exact) mass is 457 g/mol. The number of carboxylic acids is 1. The number of rotatable bonds is 7. The van der Waals surface area contributed by atoms with Crippen molar-refractivity contribution in [3.8, 4) is 22.6 Å². The van der Waals surface area contributed by atoms with E-state index < -0.39 is 5.97 Å². The third-order valence-corrected chi connectivity index (χ3v) is 6.47. The number of hydrogen-bond acceptors (Lipinski definition) is 5. The molecule has 7 nitrogen and oxygen atoms in total. The van der Waals surface area contributed by atoms with Gasteiger partial charge in [-0.3, -0.25) is 0 Å². The van der Waals surface area contributed by atoms with E-state index in [1.807, 2.05) is 48.5 Å². The number of carboxylic acid groups (broad SMARTS) is 1. The first-order valence-corrected chi connectivity index (χ1v) is 11.6. The predicted octanol–water partition coefficient (Wildman–Crippen LogP) is 5.73. The first-order valence-electron chi connectivity index (χ1n) is 11.6. The maximum Gasteiger partial charge on any atom is 0.341 e. The smallest absolute Gasteiger partial charge is 0.341 e. The van der Waals surface area contributed by atoms with Crippen molar-refractivity contribution in [3.05, 3.63) is 77.7 Å². The molecule has 0 atom stereocenters. The highest BCUT2D eigenvalue weighted by atomic mass is 16.5. The van der Waals surface area contributed by atoms with Crippen LogP contribution in [-0.2, 0) is 6.61 Å². The number of aromatic carboxylic acids is 1. The lowest BCUT2D eigenvalue weighted by Gasteiger charge is -2.25. The highest BCUT2D eigenvalue weighted by Gasteiger charge is 2.25. The van der Waals surface area contributed by atoms with Crippen LogP contribution in [-0.4, -0.2) is 32.8 Å². The molecule has 4 aromatic rings. The van der Waals surface area contributed by atoms with Gasteiger partial charge in [0.15, 0.2) is 5.65 Å². The molecule has 2 aromatic carbocycles. The van der Waals surface area contributed by atoms with E-state index in [2.05, 4.69) is 10.1 Å². The van der Waals surface area contributed by atoms with E-state index in [9.17, 15) is 9.90 Å². The maximum atomic E-state index is 11.7. The van der Waals surface area contributed by atoms with E-state index in [4.69, 9.17) is 9.47 Å². The van der Waals surface area contributed by atoms with Crippen molar-refractivity contribution < 1.29 is 19.4 Å². The molecule has 0 spiro atoms. The Labute approximate surface area is 198 Å². The number of aromatic nitrogens is 3. The first-order chi connectivity index (χ1) is 16.6. The third-order valence-electron chi connectivity index (χ3n) is 6.47. The highest BCUT2D eigenvalue weighted by Crippen LogP contribution is 2.39. The standard InChI is InChI=1S/C27H27N3O4/c1-33-21-11-5-7-18(13-21)17-34-22-12-6-10-20(14-22)23-15-28-26-24(27(31)32)16-29-30(26)25(23)19-8-3-2-4-9-19/h5-7,10-16,19H,2-4,8-9,17H2,1H3,(H,31,32). The van der Waals surface area contributed by atoms with E-state index in [0.29, 0.717) is 18.2 Å². The van der Waals surface area contributed by atoms with Crippen LogP contribution < -0.4 is 9.47 Å².